The van der Waals surface area contributed by atoms with E-state index in [4.69, 9.17) is 13.9 Å². The largest absolute Gasteiger partial charge is 0.464 e. The Balaban J connectivity index is 1.43. The topological polar surface area (TPSA) is 124 Å². The van der Waals surface area contributed by atoms with Gasteiger partial charge in [-0.15, -0.1) is 23.1 Å². The van der Waals surface area contributed by atoms with Crippen molar-refractivity contribution in [3.05, 3.63) is 53.1 Å². The van der Waals surface area contributed by atoms with Gasteiger partial charge >= 0.3 is 11.9 Å². The van der Waals surface area contributed by atoms with Crippen LogP contribution in [0.3, 0.4) is 0 Å². The van der Waals surface area contributed by atoms with Crippen LogP contribution >= 0.6 is 23.1 Å². The summed E-state index contributed by atoms with van der Waals surface area (Å²) in [5.74, 6) is -1.32. The summed E-state index contributed by atoms with van der Waals surface area (Å²) in [6.07, 6.45) is 1.48. The van der Waals surface area contributed by atoms with E-state index in [0.717, 1.165) is 16.2 Å². The Hall–Kier alpha value is -3.57. The first-order valence-electron chi connectivity index (χ1n) is 9.82. The minimum Gasteiger partial charge on any atom is -0.464 e. The highest BCUT2D eigenvalue weighted by atomic mass is 32.2. The Bertz CT molecular complexity index is 1220. The lowest BCUT2D eigenvalue weighted by Crippen LogP contribution is -2.22. The number of benzene rings is 1. The lowest BCUT2D eigenvalue weighted by molar-refractivity contribution is -0.119. The fraction of sp³-hybridized carbons (Fsp3) is 0.182. The van der Waals surface area contributed by atoms with E-state index in [-0.39, 0.29) is 28.6 Å². The maximum Gasteiger partial charge on any atom is 0.341 e. The molecular formula is C22H18N2O7S2. The van der Waals surface area contributed by atoms with E-state index in [9.17, 15) is 19.2 Å². The molecule has 11 heteroatoms. The number of nitrogens with one attached hydrogen (secondary N) is 2. The van der Waals surface area contributed by atoms with Gasteiger partial charge in [-0.25, -0.2) is 9.59 Å². The quantitative estimate of drug-likeness (QED) is 0.480. The molecule has 170 valence electrons. The van der Waals surface area contributed by atoms with Crippen LogP contribution in [-0.4, -0.2) is 42.7 Å². The molecule has 33 heavy (non-hydrogen) atoms. The molecule has 1 aliphatic heterocycles. The number of thiophene rings is 1. The second kappa shape index (κ2) is 9.92. The fourth-order valence-corrected chi connectivity index (χ4v) is 4.80. The van der Waals surface area contributed by atoms with Crippen molar-refractivity contribution in [1.82, 2.24) is 0 Å². The van der Waals surface area contributed by atoms with Crippen molar-refractivity contribution in [3.63, 3.8) is 0 Å². The second-order valence-electron chi connectivity index (χ2n) is 6.72. The SMILES string of the molecule is CCOC(=O)c1c(-c2ccco2)csc1NC(=O)COC(=O)c1ccc2c(c1)NC(=O)CS2. The molecule has 3 heterocycles. The Morgan fingerprint density at radius 1 is 1.18 bits per heavy atom. The second-order valence-corrected chi connectivity index (χ2v) is 8.62. The minimum absolute atomic E-state index is 0.153. The van der Waals surface area contributed by atoms with Gasteiger partial charge in [0.25, 0.3) is 5.91 Å². The number of anilines is 2. The number of hydrogen-bond acceptors (Lipinski definition) is 9. The predicted molar refractivity (Wildman–Crippen MR) is 123 cm³/mol. The van der Waals surface area contributed by atoms with Crippen LogP contribution in [0.1, 0.15) is 27.6 Å². The average molecular weight is 487 g/mol. The summed E-state index contributed by atoms with van der Waals surface area (Å²) in [5.41, 5.74) is 1.38. The zero-order valence-corrected chi connectivity index (χ0v) is 19.0. The minimum atomic E-state index is -0.717. The number of fused-ring (bicyclic) bond motifs is 1. The number of esters is 2. The molecule has 0 saturated carbocycles. The van der Waals surface area contributed by atoms with Crippen molar-refractivity contribution in [2.75, 3.05) is 29.6 Å². The lowest BCUT2D eigenvalue weighted by Gasteiger charge is -2.16. The van der Waals surface area contributed by atoms with E-state index >= 15 is 0 Å². The van der Waals surface area contributed by atoms with Crippen molar-refractivity contribution < 1.29 is 33.1 Å². The number of rotatable bonds is 7. The Morgan fingerprint density at radius 3 is 2.79 bits per heavy atom. The Morgan fingerprint density at radius 2 is 2.03 bits per heavy atom. The molecule has 0 bridgehead atoms. The van der Waals surface area contributed by atoms with E-state index in [0.29, 0.717) is 22.8 Å². The van der Waals surface area contributed by atoms with Crippen molar-refractivity contribution in [3.8, 4) is 11.3 Å². The number of thioether (sulfide) groups is 1. The summed E-state index contributed by atoms with van der Waals surface area (Å²) in [6.45, 7) is 1.28. The van der Waals surface area contributed by atoms with Crippen LogP contribution in [0, 0.1) is 0 Å². The van der Waals surface area contributed by atoms with E-state index in [1.165, 1.54) is 24.1 Å². The number of carbonyl (C=O) groups is 4. The molecule has 1 aromatic carbocycles. The number of hydrogen-bond donors (Lipinski definition) is 2. The van der Waals surface area contributed by atoms with E-state index in [2.05, 4.69) is 10.6 Å². The van der Waals surface area contributed by atoms with Crippen LogP contribution in [-0.2, 0) is 19.1 Å². The van der Waals surface area contributed by atoms with Gasteiger partial charge in [0.05, 0.1) is 29.9 Å². The third kappa shape index (κ3) is 5.10. The molecule has 2 amide bonds. The van der Waals surface area contributed by atoms with Gasteiger partial charge < -0.3 is 24.5 Å². The molecule has 0 atom stereocenters. The summed E-state index contributed by atoms with van der Waals surface area (Å²) in [5, 5.41) is 7.22. The standard InChI is InChI=1S/C22H18N2O7S2/c1-2-29-22(28)19-13(15-4-3-7-30-15)10-33-20(19)24-17(25)9-31-21(27)12-5-6-16-14(8-12)23-18(26)11-32-16/h3-8,10H,2,9,11H2,1H3,(H,23,26)(H,24,25). The summed E-state index contributed by atoms with van der Waals surface area (Å²) in [7, 11) is 0. The smallest absolute Gasteiger partial charge is 0.341 e. The van der Waals surface area contributed by atoms with E-state index in [1.54, 1.807) is 36.6 Å². The first kappa shape index (κ1) is 22.6. The molecule has 2 N–H and O–H groups in total. The number of carbonyl (C=O) groups excluding carboxylic acids is 4. The van der Waals surface area contributed by atoms with Crippen molar-refractivity contribution >= 4 is 57.5 Å². The molecule has 0 aliphatic carbocycles. The molecule has 4 rings (SSSR count). The monoisotopic (exact) mass is 486 g/mol. The molecule has 0 fully saturated rings. The molecule has 1 aliphatic rings. The zero-order valence-electron chi connectivity index (χ0n) is 17.3. The summed E-state index contributed by atoms with van der Waals surface area (Å²) in [6, 6.07) is 8.16. The highest BCUT2D eigenvalue weighted by Gasteiger charge is 2.24. The Kier molecular flexibility index (Phi) is 6.80. The van der Waals surface area contributed by atoms with Crippen molar-refractivity contribution in [2.24, 2.45) is 0 Å². The van der Waals surface area contributed by atoms with E-state index in [1.807, 2.05) is 0 Å². The van der Waals surface area contributed by atoms with Gasteiger partial charge in [0.1, 0.15) is 16.3 Å². The van der Waals surface area contributed by atoms with Crippen LogP contribution in [0.15, 0.2) is 51.3 Å². The molecule has 9 nitrogen and oxygen atoms in total. The highest BCUT2D eigenvalue weighted by molar-refractivity contribution is 8.00. The fourth-order valence-electron chi connectivity index (χ4n) is 3.06. The maximum absolute atomic E-state index is 12.5. The van der Waals surface area contributed by atoms with Gasteiger partial charge in [0, 0.05) is 15.8 Å². The molecule has 0 spiro atoms. The molecule has 0 radical (unpaired) electrons. The van der Waals surface area contributed by atoms with Gasteiger partial charge in [-0.1, -0.05) is 0 Å². The lowest BCUT2D eigenvalue weighted by atomic mass is 10.1. The van der Waals surface area contributed by atoms with Crippen LogP contribution < -0.4 is 10.6 Å². The van der Waals surface area contributed by atoms with Crippen LogP contribution in [0.4, 0.5) is 10.7 Å². The van der Waals surface area contributed by atoms with Crippen LogP contribution in [0.2, 0.25) is 0 Å². The van der Waals surface area contributed by atoms with Crippen LogP contribution in [0.5, 0.6) is 0 Å². The average Bonchev–Trinajstić information content (AvgIpc) is 3.47. The maximum atomic E-state index is 12.5. The molecule has 0 saturated heterocycles. The van der Waals surface area contributed by atoms with Gasteiger partial charge in [0.2, 0.25) is 5.91 Å². The van der Waals surface area contributed by atoms with Gasteiger partial charge in [0.15, 0.2) is 6.61 Å². The summed E-state index contributed by atoms with van der Waals surface area (Å²) >= 11 is 2.50. The predicted octanol–water partition coefficient (Wildman–Crippen LogP) is 4.02. The zero-order chi connectivity index (χ0) is 23.4. The summed E-state index contributed by atoms with van der Waals surface area (Å²) < 4.78 is 15.6. The highest BCUT2D eigenvalue weighted by Crippen LogP contribution is 2.36. The Labute approximate surface area is 196 Å². The van der Waals surface area contributed by atoms with Crippen molar-refractivity contribution in [2.45, 2.75) is 11.8 Å². The van der Waals surface area contributed by atoms with Gasteiger partial charge in [-0.05, 0) is 37.3 Å². The van der Waals surface area contributed by atoms with Gasteiger partial charge in [-0.3, -0.25) is 9.59 Å². The number of ether oxygens (including phenoxy) is 2. The van der Waals surface area contributed by atoms with Crippen LogP contribution in [0.25, 0.3) is 11.3 Å². The number of furan rings is 1. The summed E-state index contributed by atoms with van der Waals surface area (Å²) in [4.78, 5) is 49.7. The first-order valence-corrected chi connectivity index (χ1v) is 11.7. The molecule has 2 aromatic heterocycles. The first-order chi connectivity index (χ1) is 16.0. The normalized spacial score (nSPS) is 12.5. The molecule has 3 aromatic rings. The number of amides is 2. The van der Waals surface area contributed by atoms with Gasteiger partial charge in [-0.2, -0.15) is 0 Å². The molecular weight excluding hydrogens is 468 g/mol. The third-order valence-electron chi connectivity index (χ3n) is 4.49. The third-order valence-corrected chi connectivity index (χ3v) is 6.46. The molecule has 0 unspecified atom stereocenters. The van der Waals surface area contributed by atoms with Crippen molar-refractivity contribution in [1.29, 1.82) is 0 Å². The van der Waals surface area contributed by atoms with E-state index < -0.39 is 24.5 Å².